The van der Waals surface area contributed by atoms with E-state index in [1.54, 1.807) is 13.2 Å². The van der Waals surface area contributed by atoms with Crippen LogP contribution in [0.3, 0.4) is 0 Å². The third-order valence-electron chi connectivity index (χ3n) is 1.41. The molecule has 0 N–H and O–H groups in total. The molecule has 0 amide bonds. The van der Waals surface area contributed by atoms with E-state index in [0.717, 1.165) is 5.56 Å². The molecular weight excluding hydrogens is 144 g/mol. The summed E-state index contributed by atoms with van der Waals surface area (Å²) >= 11 is 0. The maximum atomic E-state index is 10.7. The minimum atomic E-state index is -0.331. The fourth-order valence-corrected chi connectivity index (χ4v) is 0.796. The summed E-state index contributed by atoms with van der Waals surface area (Å²) in [7, 11) is 1.56. The van der Waals surface area contributed by atoms with Gasteiger partial charge in [0.25, 0.3) is 0 Å². The topological polar surface area (TPSA) is 39.4 Å². The first-order valence-corrected chi connectivity index (χ1v) is 3.32. The predicted molar refractivity (Wildman–Crippen MR) is 40.4 cm³/mol. The Labute approximate surface area is 64.6 Å². The summed E-state index contributed by atoms with van der Waals surface area (Å²) in [5.41, 5.74) is 0.606. The molecular formula is C8H10O3. The lowest BCUT2D eigenvalue weighted by molar-refractivity contribution is 0.159. The van der Waals surface area contributed by atoms with Crippen LogP contribution in [-0.2, 0) is 11.3 Å². The van der Waals surface area contributed by atoms with E-state index < -0.39 is 0 Å². The quantitative estimate of drug-likeness (QED) is 0.640. The molecule has 3 nitrogen and oxygen atoms in total. The molecule has 0 fully saturated rings. The largest absolute Gasteiger partial charge is 0.425 e. The third kappa shape index (κ3) is 1.91. The van der Waals surface area contributed by atoms with E-state index in [0.29, 0.717) is 12.4 Å². The average Bonchev–Trinajstić information content (AvgIpc) is 1.98. The highest BCUT2D eigenvalue weighted by Gasteiger charge is 1.99. The number of rotatable bonds is 2. The van der Waals surface area contributed by atoms with E-state index in [1.165, 1.54) is 6.07 Å². The lowest BCUT2D eigenvalue weighted by Crippen LogP contribution is -2.01. The summed E-state index contributed by atoms with van der Waals surface area (Å²) in [6, 6.07) is 3.12. The first kappa shape index (κ1) is 8.01. The van der Waals surface area contributed by atoms with Gasteiger partial charge in [-0.1, -0.05) is 0 Å². The summed E-state index contributed by atoms with van der Waals surface area (Å²) in [6.45, 7) is 2.22. The molecule has 11 heavy (non-hydrogen) atoms. The van der Waals surface area contributed by atoms with E-state index in [1.807, 2.05) is 6.92 Å². The Morgan fingerprint density at radius 2 is 2.27 bits per heavy atom. The van der Waals surface area contributed by atoms with Crippen LogP contribution in [0.4, 0.5) is 0 Å². The van der Waals surface area contributed by atoms with Crippen molar-refractivity contribution in [2.45, 2.75) is 13.5 Å². The van der Waals surface area contributed by atoms with Crippen molar-refractivity contribution in [1.82, 2.24) is 0 Å². The molecule has 0 saturated carbocycles. The van der Waals surface area contributed by atoms with Crippen molar-refractivity contribution in [2.75, 3.05) is 7.11 Å². The Hall–Kier alpha value is -1.09. The van der Waals surface area contributed by atoms with Crippen LogP contribution < -0.4 is 5.63 Å². The summed E-state index contributed by atoms with van der Waals surface area (Å²) in [6.07, 6.45) is 0. The van der Waals surface area contributed by atoms with Crippen LogP contribution in [0.1, 0.15) is 11.3 Å². The van der Waals surface area contributed by atoms with E-state index in [-0.39, 0.29) is 5.63 Å². The van der Waals surface area contributed by atoms with Crippen LogP contribution in [0, 0.1) is 6.92 Å². The van der Waals surface area contributed by atoms with Gasteiger partial charge in [-0.05, 0) is 18.6 Å². The number of aryl methyl sites for hydroxylation is 1. The zero-order valence-corrected chi connectivity index (χ0v) is 6.59. The van der Waals surface area contributed by atoms with Gasteiger partial charge in [0, 0.05) is 13.2 Å². The molecule has 1 aromatic rings. The highest BCUT2D eigenvalue weighted by molar-refractivity contribution is 5.13. The third-order valence-corrected chi connectivity index (χ3v) is 1.41. The molecule has 0 spiro atoms. The highest BCUT2D eigenvalue weighted by atomic mass is 16.5. The Morgan fingerprint density at radius 3 is 2.91 bits per heavy atom. The van der Waals surface area contributed by atoms with Crippen molar-refractivity contribution in [1.29, 1.82) is 0 Å². The van der Waals surface area contributed by atoms with Gasteiger partial charge in [0.05, 0.1) is 0 Å². The minimum absolute atomic E-state index is 0.331. The van der Waals surface area contributed by atoms with Gasteiger partial charge in [0.1, 0.15) is 12.4 Å². The van der Waals surface area contributed by atoms with E-state index in [2.05, 4.69) is 0 Å². The molecule has 0 aromatic carbocycles. The summed E-state index contributed by atoms with van der Waals surface area (Å²) < 4.78 is 9.70. The normalized spacial score (nSPS) is 10.0. The van der Waals surface area contributed by atoms with Crippen molar-refractivity contribution >= 4 is 0 Å². The van der Waals surface area contributed by atoms with Crippen LogP contribution in [0.15, 0.2) is 21.3 Å². The Bertz CT molecular complexity index is 288. The molecule has 3 heteroatoms. The molecule has 0 atom stereocenters. The lowest BCUT2D eigenvalue weighted by Gasteiger charge is -1.99. The van der Waals surface area contributed by atoms with Gasteiger partial charge in [-0.2, -0.15) is 0 Å². The molecule has 1 aromatic heterocycles. The fraction of sp³-hybridized carbons (Fsp3) is 0.375. The van der Waals surface area contributed by atoms with E-state index in [4.69, 9.17) is 9.15 Å². The molecule has 0 saturated heterocycles. The standard InChI is InChI=1S/C8H10O3/c1-6-3-4-8(9)11-7(6)5-10-2/h3-4H,5H2,1-2H3. The van der Waals surface area contributed by atoms with Gasteiger partial charge >= 0.3 is 5.63 Å². The molecule has 0 aliphatic rings. The molecule has 0 unspecified atom stereocenters. The number of hydrogen-bond acceptors (Lipinski definition) is 3. The summed E-state index contributed by atoms with van der Waals surface area (Å²) in [5.74, 6) is 0.597. The first-order chi connectivity index (χ1) is 5.24. The van der Waals surface area contributed by atoms with Gasteiger partial charge < -0.3 is 9.15 Å². The highest BCUT2D eigenvalue weighted by Crippen LogP contribution is 2.04. The van der Waals surface area contributed by atoms with Gasteiger partial charge in [-0.25, -0.2) is 4.79 Å². The van der Waals surface area contributed by atoms with Gasteiger partial charge in [0.15, 0.2) is 0 Å². The van der Waals surface area contributed by atoms with Gasteiger partial charge in [0.2, 0.25) is 0 Å². The first-order valence-electron chi connectivity index (χ1n) is 3.32. The smallest absolute Gasteiger partial charge is 0.335 e. The zero-order chi connectivity index (χ0) is 8.27. The minimum Gasteiger partial charge on any atom is -0.425 e. The van der Waals surface area contributed by atoms with Crippen molar-refractivity contribution in [3.8, 4) is 0 Å². The van der Waals surface area contributed by atoms with Crippen LogP contribution in [-0.4, -0.2) is 7.11 Å². The number of methoxy groups -OCH3 is 1. The summed E-state index contributed by atoms with van der Waals surface area (Å²) in [4.78, 5) is 10.7. The second-order valence-electron chi connectivity index (χ2n) is 2.29. The van der Waals surface area contributed by atoms with Crippen LogP contribution in [0.2, 0.25) is 0 Å². The Balaban J connectivity index is 3.02. The monoisotopic (exact) mass is 154 g/mol. The molecule has 1 rings (SSSR count). The van der Waals surface area contributed by atoms with Gasteiger partial charge in [-0.15, -0.1) is 0 Å². The SMILES string of the molecule is COCc1oc(=O)ccc1C. The van der Waals surface area contributed by atoms with Crippen molar-refractivity contribution in [3.63, 3.8) is 0 Å². The van der Waals surface area contributed by atoms with Gasteiger partial charge in [-0.3, -0.25) is 0 Å². The average molecular weight is 154 g/mol. The lowest BCUT2D eigenvalue weighted by atomic mass is 10.2. The zero-order valence-electron chi connectivity index (χ0n) is 6.59. The second kappa shape index (κ2) is 3.34. The van der Waals surface area contributed by atoms with Crippen molar-refractivity contribution < 1.29 is 9.15 Å². The molecule has 0 aliphatic carbocycles. The van der Waals surface area contributed by atoms with E-state index >= 15 is 0 Å². The number of ether oxygens (including phenoxy) is 1. The number of hydrogen-bond donors (Lipinski definition) is 0. The van der Waals surface area contributed by atoms with Crippen LogP contribution >= 0.6 is 0 Å². The molecule has 1 heterocycles. The predicted octanol–water partition coefficient (Wildman–Crippen LogP) is 1.09. The fourth-order valence-electron chi connectivity index (χ4n) is 0.796. The van der Waals surface area contributed by atoms with Crippen molar-refractivity contribution in [2.24, 2.45) is 0 Å². The Kier molecular flexibility index (Phi) is 2.44. The van der Waals surface area contributed by atoms with Crippen LogP contribution in [0.5, 0.6) is 0 Å². The second-order valence-corrected chi connectivity index (χ2v) is 2.29. The maximum Gasteiger partial charge on any atom is 0.335 e. The maximum absolute atomic E-state index is 10.7. The van der Waals surface area contributed by atoms with E-state index in [9.17, 15) is 4.79 Å². The van der Waals surface area contributed by atoms with Crippen molar-refractivity contribution in [3.05, 3.63) is 33.9 Å². The Morgan fingerprint density at radius 1 is 1.55 bits per heavy atom. The molecule has 0 radical (unpaired) electrons. The molecule has 60 valence electrons. The van der Waals surface area contributed by atoms with Crippen LogP contribution in [0.25, 0.3) is 0 Å². The molecule has 0 aliphatic heterocycles. The summed E-state index contributed by atoms with van der Waals surface area (Å²) in [5, 5.41) is 0. The molecule has 0 bridgehead atoms.